The smallest absolute Gasteiger partial charge is 0.248 e. The van der Waals surface area contributed by atoms with Gasteiger partial charge in [-0.3, -0.25) is 4.79 Å². The molecule has 1 saturated carbocycles. The van der Waals surface area contributed by atoms with E-state index in [2.05, 4.69) is 35.1 Å². The van der Waals surface area contributed by atoms with E-state index >= 15 is 0 Å². The molecular formula is C13H22BrF2NO. The topological polar surface area (TPSA) is 29.1 Å². The molecule has 1 unspecified atom stereocenters. The Morgan fingerprint density at radius 3 is 2.39 bits per heavy atom. The number of alkyl halides is 3. The maximum Gasteiger partial charge on any atom is 0.248 e. The first kappa shape index (κ1) is 15.9. The van der Waals surface area contributed by atoms with E-state index in [9.17, 15) is 13.6 Å². The summed E-state index contributed by atoms with van der Waals surface area (Å²) in [6.45, 7) is 4.20. The Bertz CT molecular complexity index is 274. The van der Waals surface area contributed by atoms with Crippen LogP contribution in [-0.4, -0.2) is 23.2 Å². The van der Waals surface area contributed by atoms with E-state index in [1.54, 1.807) is 0 Å². The number of carbonyl (C=O) groups is 1. The maximum atomic E-state index is 13.0. The minimum atomic E-state index is -2.57. The van der Waals surface area contributed by atoms with Crippen molar-refractivity contribution in [1.82, 2.24) is 5.32 Å². The first-order valence-corrected chi connectivity index (χ1v) is 7.70. The largest absolute Gasteiger partial charge is 0.352 e. The van der Waals surface area contributed by atoms with Gasteiger partial charge in [-0.1, -0.05) is 29.8 Å². The quantitative estimate of drug-likeness (QED) is 0.766. The van der Waals surface area contributed by atoms with Crippen molar-refractivity contribution in [2.45, 2.75) is 57.9 Å². The van der Waals surface area contributed by atoms with E-state index in [0.717, 1.165) is 6.42 Å². The van der Waals surface area contributed by atoms with Crippen LogP contribution in [0.1, 0.15) is 46.0 Å². The average Bonchev–Trinajstić information content (AvgIpc) is 2.27. The zero-order valence-corrected chi connectivity index (χ0v) is 12.6. The van der Waals surface area contributed by atoms with Crippen LogP contribution in [0.15, 0.2) is 0 Å². The Morgan fingerprint density at radius 1 is 1.39 bits per heavy atom. The lowest BCUT2D eigenvalue weighted by Crippen LogP contribution is -2.42. The molecule has 106 valence electrons. The van der Waals surface area contributed by atoms with E-state index in [4.69, 9.17) is 0 Å². The van der Waals surface area contributed by atoms with Crippen LogP contribution < -0.4 is 5.32 Å². The highest BCUT2D eigenvalue weighted by Crippen LogP contribution is 2.36. The van der Waals surface area contributed by atoms with Crippen LogP contribution in [0, 0.1) is 11.8 Å². The van der Waals surface area contributed by atoms with Crippen molar-refractivity contribution in [2.75, 3.05) is 5.33 Å². The molecule has 1 amide bonds. The third-order valence-electron chi connectivity index (χ3n) is 3.38. The molecule has 2 nitrogen and oxygen atoms in total. The summed E-state index contributed by atoms with van der Waals surface area (Å²) < 4.78 is 26.0. The lowest BCUT2D eigenvalue weighted by Gasteiger charge is -2.29. The molecule has 0 aromatic carbocycles. The van der Waals surface area contributed by atoms with Crippen LogP contribution in [0.4, 0.5) is 8.78 Å². The highest BCUT2D eigenvalue weighted by Gasteiger charge is 2.37. The number of nitrogens with one attached hydrogen (secondary N) is 1. The molecule has 1 atom stereocenters. The fourth-order valence-electron chi connectivity index (χ4n) is 2.35. The first-order chi connectivity index (χ1) is 8.34. The molecule has 0 bridgehead atoms. The summed E-state index contributed by atoms with van der Waals surface area (Å²) in [5.41, 5.74) is 0. The number of hydrogen-bond donors (Lipinski definition) is 1. The minimum absolute atomic E-state index is 0.0596. The van der Waals surface area contributed by atoms with Gasteiger partial charge in [-0.05, 0) is 25.2 Å². The van der Waals surface area contributed by atoms with Gasteiger partial charge in [-0.25, -0.2) is 8.78 Å². The van der Waals surface area contributed by atoms with Gasteiger partial charge in [0.2, 0.25) is 11.8 Å². The fourth-order valence-corrected chi connectivity index (χ4v) is 2.78. The Hall–Kier alpha value is -0.190. The van der Waals surface area contributed by atoms with E-state index in [-0.39, 0.29) is 30.7 Å². The van der Waals surface area contributed by atoms with E-state index in [1.807, 2.05) is 0 Å². The van der Waals surface area contributed by atoms with Gasteiger partial charge in [0.15, 0.2) is 0 Å². The third-order valence-corrected chi connectivity index (χ3v) is 4.16. The lowest BCUT2D eigenvalue weighted by molar-refractivity contribution is -0.129. The summed E-state index contributed by atoms with van der Waals surface area (Å²) in [4.78, 5) is 12.0. The molecule has 1 aliphatic carbocycles. The molecular weight excluding hydrogens is 304 g/mol. The summed E-state index contributed by atoms with van der Waals surface area (Å²) in [6.07, 6.45) is 1.19. The Morgan fingerprint density at radius 2 is 1.94 bits per heavy atom. The van der Waals surface area contributed by atoms with Crippen molar-refractivity contribution < 1.29 is 13.6 Å². The van der Waals surface area contributed by atoms with Crippen molar-refractivity contribution >= 4 is 21.8 Å². The SMILES string of the molecule is CC(C)CC(CBr)NC(=O)C1CCC(F)(F)CC1. The monoisotopic (exact) mass is 325 g/mol. The molecule has 0 aromatic rings. The number of rotatable bonds is 5. The van der Waals surface area contributed by atoms with Crippen LogP contribution >= 0.6 is 15.9 Å². The van der Waals surface area contributed by atoms with Crippen molar-refractivity contribution in [1.29, 1.82) is 0 Å². The standard InChI is InChI=1S/C13H22BrF2NO/c1-9(2)7-11(8-14)17-12(18)10-3-5-13(15,16)6-4-10/h9-11H,3-8H2,1-2H3,(H,17,18). The second-order valence-electron chi connectivity index (χ2n) is 5.62. The minimum Gasteiger partial charge on any atom is -0.352 e. The molecule has 0 radical (unpaired) electrons. The van der Waals surface area contributed by atoms with Gasteiger partial charge in [-0.15, -0.1) is 0 Å². The van der Waals surface area contributed by atoms with Crippen LogP contribution in [0.5, 0.6) is 0 Å². The molecule has 0 saturated heterocycles. The van der Waals surface area contributed by atoms with Gasteiger partial charge >= 0.3 is 0 Å². The summed E-state index contributed by atoms with van der Waals surface area (Å²) in [6, 6.07) is 0.0972. The van der Waals surface area contributed by atoms with E-state index in [0.29, 0.717) is 24.1 Å². The van der Waals surface area contributed by atoms with Crippen molar-refractivity contribution in [3.63, 3.8) is 0 Å². The third kappa shape index (κ3) is 5.21. The van der Waals surface area contributed by atoms with Crippen molar-refractivity contribution in [3.8, 4) is 0 Å². The van der Waals surface area contributed by atoms with Gasteiger partial charge in [0, 0.05) is 30.1 Å². The Kier molecular flexibility index (Phi) is 6.02. The second kappa shape index (κ2) is 6.83. The zero-order valence-electron chi connectivity index (χ0n) is 11.0. The van der Waals surface area contributed by atoms with Crippen molar-refractivity contribution in [2.24, 2.45) is 11.8 Å². The number of amides is 1. The summed E-state index contributed by atoms with van der Waals surface area (Å²) in [7, 11) is 0. The normalized spacial score (nSPS) is 21.9. The van der Waals surface area contributed by atoms with Crippen LogP contribution in [0.2, 0.25) is 0 Å². The molecule has 0 aromatic heterocycles. The first-order valence-electron chi connectivity index (χ1n) is 6.58. The summed E-state index contributed by atoms with van der Waals surface area (Å²) >= 11 is 3.38. The number of hydrogen-bond acceptors (Lipinski definition) is 1. The fraction of sp³-hybridized carbons (Fsp3) is 0.923. The van der Waals surface area contributed by atoms with Gasteiger partial charge in [-0.2, -0.15) is 0 Å². The average molecular weight is 326 g/mol. The molecule has 0 aliphatic heterocycles. The number of carbonyl (C=O) groups excluding carboxylic acids is 1. The zero-order chi connectivity index (χ0) is 13.8. The summed E-state index contributed by atoms with van der Waals surface area (Å²) in [5.74, 6) is -2.36. The molecule has 1 aliphatic rings. The summed E-state index contributed by atoms with van der Waals surface area (Å²) in [5, 5.41) is 3.67. The Labute approximate surface area is 116 Å². The predicted molar refractivity (Wildman–Crippen MR) is 72.1 cm³/mol. The van der Waals surface area contributed by atoms with Gasteiger partial charge in [0.25, 0.3) is 0 Å². The predicted octanol–water partition coefficient (Wildman–Crippen LogP) is 3.74. The van der Waals surface area contributed by atoms with Crippen molar-refractivity contribution in [3.05, 3.63) is 0 Å². The van der Waals surface area contributed by atoms with Crippen LogP contribution in [-0.2, 0) is 4.79 Å². The molecule has 18 heavy (non-hydrogen) atoms. The van der Waals surface area contributed by atoms with Gasteiger partial charge < -0.3 is 5.32 Å². The molecule has 0 heterocycles. The molecule has 1 fully saturated rings. The molecule has 0 spiro atoms. The van der Waals surface area contributed by atoms with Crippen LogP contribution in [0.3, 0.4) is 0 Å². The number of halogens is 3. The van der Waals surface area contributed by atoms with Crippen LogP contribution in [0.25, 0.3) is 0 Å². The van der Waals surface area contributed by atoms with E-state index in [1.165, 1.54) is 0 Å². The van der Waals surface area contributed by atoms with Gasteiger partial charge in [0.05, 0.1) is 0 Å². The molecule has 5 heteroatoms. The second-order valence-corrected chi connectivity index (χ2v) is 6.27. The molecule has 1 N–H and O–H groups in total. The van der Waals surface area contributed by atoms with E-state index < -0.39 is 5.92 Å². The van der Waals surface area contributed by atoms with Gasteiger partial charge in [0.1, 0.15) is 0 Å². The Balaban J connectivity index is 2.40. The highest BCUT2D eigenvalue weighted by atomic mass is 79.9. The highest BCUT2D eigenvalue weighted by molar-refractivity contribution is 9.09. The molecule has 1 rings (SSSR count). The maximum absolute atomic E-state index is 13.0. The lowest BCUT2D eigenvalue weighted by atomic mass is 9.86.